The fraction of sp³-hybridized carbons (Fsp3) is 0.0714. The van der Waals surface area contributed by atoms with E-state index < -0.39 is 0 Å². The van der Waals surface area contributed by atoms with Gasteiger partial charge in [-0.2, -0.15) is 0 Å². The first-order valence-electron chi connectivity index (χ1n) is 5.63. The van der Waals surface area contributed by atoms with Crippen LogP contribution in [-0.4, -0.2) is 10.5 Å². The van der Waals surface area contributed by atoms with Crippen molar-refractivity contribution in [1.82, 2.24) is 4.57 Å². The zero-order chi connectivity index (χ0) is 12.7. The van der Waals surface area contributed by atoms with Crippen molar-refractivity contribution in [1.29, 1.82) is 0 Å². The van der Waals surface area contributed by atoms with Gasteiger partial charge in [-0.05, 0) is 36.1 Å². The number of fused-ring (bicyclic) bond motifs is 1. The molecule has 0 saturated carbocycles. The molecule has 0 fully saturated rings. The predicted molar refractivity (Wildman–Crippen MR) is 75.1 cm³/mol. The van der Waals surface area contributed by atoms with Crippen molar-refractivity contribution in [2.45, 2.75) is 6.92 Å². The zero-order valence-electron chi connectivity index (χ0n) is 9.88. The molecule has 3 rings (SSSR count). The van der Waals surface area contributed by atoms with Crippen molar-refractivity contribution in [2.24, 2.45) is 0 Å². The number of aromatic nitrogens is 1. The molecule has 0 spiro atoms. The minimum absolute atomic E-state index is 0.0181. The first-order chi connectivity index (χ1) is 8.68. The lowest BCUT2D eigenvalue weighted by Gasteiger charge is -2.05. The van der Waals surface area contributed by atoms with E-state index in [2.05, 4.69) is 0 Å². The Morgan fingerprint density at radius 1 is 1.28 bits per heavy atom. The van der Waals surface area contributed by atoms with Crippen LogP contribution in [0.25, 0.3) is 10.9 Å². The van der Waals surface area contributed by atoms with Gasteiger partial charge in [0.2, 0.25) is 0 Å². The van der Waals surface area contributed by atoms with E-state index in [-0.39, 0.29) is 5.91 Å². The van der Waals surface area contributed by atoms with Gasteiger partial charge in [0.25, 0.3) is 5.91 Å². The van der Waals surface area contributed by atoms with Crippen LogP contribution in [-0.2, 0) is 0 Å². The number of carbonyl (C=O) groups excluding carboxylic acids is 1. The van der Waals surface area contributed by atoms with Crippen LogP contribution < -0.4 is 5.73 Å². The maximum Gasteiger partial charge on any atom is 0.272 e. The quantitative estimate of drug-likeness (QED) is 0.679. The molecule has 0 aliphatic carbocycles. The Bertz CT molecular complexity index is 739. The Morgan fingerprint density at radius 3 is 2.83 bits per heavy atom. The number of nitrogen functional groups attached to an aromatic ring is 1. The van der Waals surface area contributed by atoms with Crippen molar-refractivity contribution < 1.29 is 4.79 Å². The highest BCUT2D eigenvalue weighted by atomic mass is 32.1. The second-order valence-corrected chi connectivity index (χ2v) is 5.12. The molecule has 0 amide bonds. The molecule has 0 radical (unpaired) electrons. The summed E-state index contributed by atoms with van der Waals surface area (Å²) < 4.78 is 1.63. The van der Waals surface area contributed by atoms with E-state index in [4.69, 9.17) is 5.73 Å². The Hall–Kier alpha value is -2.07. The molecule has 3 aromatic rings. The first-order valence-corrected chi connectivity index (χ1v) is 6.51. The second kappa shape index (κ2) is 3.99. The summed E-state index contributed by atoms with van der Waals surface area (Å²) in [4.78, 5) is 13.2. The molecular formula is C14H12N2OS. The molecule has 0 aliphatic heterocycles. The number of para-hydroxylation sites is 1. The average molecular weight is 256 g/mol. The van der Waals surface area contributed by atoms with E-state index in [1.807, 2.05) is 42.6 Å². The number of thiophene rings is 1. The molecule has 4 heteroatoms. The van der Waals surface area contributed by atoms with Gasteiger partial charge in [0.05, 0.1) is 16.1 Å². The number of nitrogens with zero attached hydrogens (tertiary/aromatic N) is 1. The Morgan fingerprint density at radius 2 is 2.11 bits per heavy atom. The molecule has 2 N–H and O–H groups in total. The summed E-state index contributed by atoms with van der Waals surface area (Å²) in [5.74, 6) is -0.0181. The lowest BCUT2D eigenvalue weighted by atomic mass is 10.2. The van der Waals surface area contributed by atoms with Crippen LogP contribution in [0, 0.1) is 6.92 Å². The number of hydrogen-bond donors (Lipinski definition) is 1. The largest absolute Gasteiger partial charge is 0.397 e. The standard InChI is InChI=1S/C14H12N2OS/c1-9-6-8-18-13(9)14(17)16-7-5-10-3-2-4-11(15)12(10)16/h2-8H,15H2,1H3. The third-order valence-corrected chi connectivity index (χ3v) is 4.02. The van der Waals surface area contributed by atoms with Crippen LogP contribution in [0.2, 0.25) is 0 Å². The lowest BCUT2D eigenvalue weighted by Crippen LogP contribution is -2.11. The molecule has 0 bridgehead atoms. The van der Waals surface area contributed by atoms with Gasteiger partial charge in [-0.3, -0.25) is 9.36 Å². The summed E-state index contributed by atoms with van der Waals surface area (Å²) in [6.45, 7) is 1.94. The van der Waals surface area contributed by atoms with Gasteiger partial charge >= 0.3 is 0 Å². The summed E-state index contributed by atoms with van der Waals surface area (Å²) in [6, 6.07) is 9.52. The third kappa shape index (κ3) is 1.54. The SMILES string of the molecule is Cc1ccsc1C(=O)n1ccc2cccc(N)c21. The number of nitrogens with two attached hydrogens (primary N) is 1. The summed E-state index contributed by atoms with van der Waals surface area (Å²) in [5, 5.41) is 2.91. The van der Waals surface area contributed by atoms with E-state index in [0.29, 0.717) is 5.69 Å². The molecule has 1 aromatic carbocycles. The van der Waals surface area contributed by atoms with Crippen LogP contribution in [0.15, 0.2) is 41.9 Å². The van der Waals surface area contributed by atoms with E-state index in [1.165, 1.54) is 11.3 Å². The number of hydrogen-bond acceptors (Lipinski definition) is 3. The highest BCUT2D eigenvalue weighted by Crippen LogP contribution is 2.25. The van der Waals surface area contributed by atoms with E-state index in [9.17, 15) is 4.79 Å². The fourth-order valence-electron chi connectivity index (χ4n) is 2.09. The average Bonchev–Trinajstić information content (AvgIpc) is 2.95. The normalized spacial score (nSPS) is 10.9. The third-order valence-electron chi connectivity index (χ3n) is 3.02. The molecule has 0 saturated heterocycles. The Balaban J connectivity index is 2.22. The van der Waals surface area contributed by atoms with Crippen LogP contribution >= 0.6 is 11.3 Å². The monoisotopic (exact) mass is 256 g/mol. The minimum atomic E-state index is -0.0181. The van der Waals surface area contributed by atoms with Crippen LogP contribution in [0.1, 0.15) is 15.2 Å². The molecular weight excluding hydrogens is 244 g/mol. The highest BCUT2D eigenvalue weighted by Gasteiger charge is 2.15. The number of benzene rings is 1. The maximum atomic E-state index is 12.5. The predicted octanol–water partition coefficient (Wildman–Crippen LogP) is 3.28. The van der Waals surface area contributed by atoms with Crippen LogP contribution in [0.3, 0.4) is 0 Å². The van der Waals surface area contributed by atoms with Crippen molar-refractivity contribution in [3.05, 3.63) is 52.3 Å². The Labute approximate surface area is 108 Å². The van der Waals surface area contributed by atoms with E-state index in [0.717, 1.165) is 21.3 Å². The summed E-state index contributed by atoms with van der Waals surface area (Å²) in [6.07, 6.45) is 1.78. The van der Waals surface area contributed by atoms with E-state index in [1.54, 1.807) is 10.8 Å². The lowest BCUT2D eigenvalue weighted by molar-refractivity contribution is 0.0968. The number of anilines is 1. The Kier molecular flexibility index (Phi) is 2.45. The van der Waals surface area contributed by atoms with Gasteiger partial charge in [0, 0.05) is 11.6 Å². The molecule has 18 heavy (non-hydrogen) atoms. The minimum Gasteiger partial charge on any atom is -0.397 e. The molecule has 2 heterocycles. The van der Waals surface area contributed by atoms with Gasteiger partial charge in [-0.15, -0.1) is 11.3 Å². The zero-order valence-corrected chi connectivity index (χ0v) is 10.7. The smallest absolute Gasteiger partial charge is 0.272 e. The molecule has 0 aliphatic rings. The fourth-order valence-corrected chi connectivity index (χ4v) is 2.95. The first kappa shape index (κ1) is 11.0. The number of aryl methyl sites for hydroxylation is 1. The van der Waals surface area contributed by atoms with Crippen molar-refractivity contribution in [2.75, 3.05) is 5.73 Å². The molecule has 90 valence electrons. The van der Waals surface area contributed by atoms with Gasteiger partial charge in [-0.25, -0.2) is 0 Å². The number of carbonyl (C=O) groups is 1. The van der Waals surface area contributed by atoms with Crippen molar-refractivity contribution in [3.8, 4) is 0 Å². The van der Waals surface area contributed by atoms with Gasteiger partial charge in [-0.1, -0.05) is 12.1 Å². The van der Waals surface area contributed by atoms with Gasteiger partial charge in [0.15, 0.2) is 0 Å². The molecule has 3 nitrogen and oxygen atoms in total. The number of rotatable bonds is 1. The molecule has 0 atom stereocenters. The summed E-state index contributed by atoms with van der Waals surface area (Å²) in [7, 11) is 0. The van der Waals surface area contributed by atoms with Gasteiger partial charge in [0.1, 0.15) is 0 Å². The summed E-state index contributed by atoms with van der Waals surface area (Å²) >= 11 is 1.46. The summed E-state index contributed by atoms with van der Waals surface area (Å²) in [5.41, 5.74) is 8.37. The molecule has 2 aromatic heterocycles. The van der Waals surface area contributed by atoms with Crippen molar-refractivity contribution in [3.63, 3.8) is 0 Å². The van der Waals surface area contributed by atoms with Gasteiger partial charge < -0.3 is 5.73 Å². The highest BCUT2D eigenvalue weighted by molar-refractivity contribution is 7.12. The molecule has 0 unspecified atom stereocenters. The van der Waals surface area contributed by atoms with E-state index >= 15 is 0 Å². The topological polar surface area (TPSA) is 48.0 Å². The van der Waals surface area contributed by atoms with Crippen LogP contribution in [0.4, 0.5) is 5.69 Å². The maximum absolute atomic E-state index is 12.5. The second-order valence-electron chi connectivity index (χ2n) is 4.21. The van der Waals surface area contributed by atoms with Crippen molar-refractivity contribution >= 4 is 33.8 Å². The van der Waals surface area contributed by atoms with Crippen LogP contribution in [0.5, 0.6) is 0 Å².